The molecular weight excluding hydrogens is 260 g/mol. The van der Waals surface area contributed by atoms with Crippen molar-refractivity contribution in [2.75, 3.05) is 13.1 Å². The number of imide groups is 1. The number of hydrogen-bond donors (Lipinski definition) is 2. The van der Waals surface area contributed by atoms with E-state index in [1.165, 1.54) is 0 Å². The molecule has 1 heterocycles. The van der Waals surface area contributed by atoms with Crippen molar-refractivity contribution in [1.82, 2.24) is 10.2 Å². The highest BCUT2D eigenvalue weighted by atomic mass is 16.4. The normalized spacial score (nSPS) is 22.4. The summed E-state index contributed by atoms with van der Waals surface area (Å²) in [7, 11) is 0. The average molecular weight is 284 g/mol. The summed E-state index contributed by atoms with van der Waals surface area (Å²) in [6.45, 7) is 5.57. The molecular formula is C14H24N2O4. The van der Waals surface area contributed by atoms with Crippen LogP contribution in [0.2, 0.25) is 0 Å². The second-order valence-corrected chi connectivity index (χ2v) is 5.81. The third-order valence-electron chi connectivity index (χ3n) is 3.45. The van der Waals surface area contributed by atoms with E-state index in [0.717, 1.165) is 6.42 Å². The maximum Gasteiger partial charge on any atom is 0.324 e. The number of piperidine rings is 1. The summed E-state index contributed by atoms with van der Waals surface area (Å²) in [5, 5.41) is 10.9. The Morgan fingerprint density at radius 3 is 2.20 bits per heavy atom. The van der Waals surface area contributed by atoms with E-state index in [9.17, 15) is 14.4 Å². The van der Waals surface area contributed by atoms with Crippen LogP contribution >= 0.6 is 0 Å². The molecule has 1 rings (SSSR count). The molecule has 0 aromatic carbocycles. The summed E-state index contributed by atoms with van der Waals surface area (Å²) in [6, 6.07) is -0.327. The van der Waals surface area contributed by atoms with E-state index in [2.05, 4.69) is 19.2 Å². The summed E-state index contributed by atoms with van der Waals surface area (Å²) >= 11 is 0. The molecule has 3 amide bonds. The van der Waals surface area contributed by atoms with Crippen molar-refractivity contribution in [2.24, 2.45) is 11.8 Å². The van der Waals surface area contributed by atoms with Crippen LogP contribution in [0.3, 0.4) is 0 Å². The number of amides is 3. The van der Waals surface area contributed by atoms with Crippen LogP contribution in [-0.2, 0) is 9.59 Å². The number of rotatable bonds is 5. The van der Waals surface area contributed by atoms with Crippen LogP contribution < -0.4 is 5.32 Å². The van der Waals surface area contributed by atoms with Crippen molar-refractivity contribution in [3.05, 3.63) is 0 Å². The van der Waals surface area contributed by atoms with Crippen molar-refractivity contribution in [1.29, 1.82) is 0 Å². The van der Waals surface area contributed by atoms with Gasteiger partial charge in [-0.2, -0.15) is 0 Å². The number of nitrogens with one attached hydrogen (secondary N) is 1. The van der Waals surface area contributed by atoms with E-state index in [4.69, 9.17) is 5.11 Å². The first-order valence-corrected chi connectivity index (χ1v) is 7.19. The number of unbranched alkanes of at least 4 members (excludes halogenated alkanes) is 1. The fourth-order valence-electron chi connectivity index (χ4n) is 2.65. The summed E-state index contributed by atoms with van der Waals surface area (Å²) in [6.07, 6.45) is 2.29. The third kappa shape index (κ3) is 6.04. The van der Waals surface area contributed by atoms with Gasteiger partial charge in [0.2, 0.25) is 5.91 Å². The number of carboxylic acid groups (broad SMARTS) is 1. The summed E-state index contributed by atoms with van der Waals surface area (Å²) < 4.78 is 0. The van der Waals surface area contributed by atoms with Gasteiger partial charge in [-0.3, -0.25) is 14.9 Å². The van der Waals surface area contributed by atoms with Crippen molar-refractivity contribution in [2.45, 2.75) is 46.0 Å². The van der Waals surface area contributed by atoms with E-state index in [1.807, 2.05) is 0 Å². The van der Waals surface area contributed by atoms with Crippen molar-refractivity contribution in [3.8, 4) is 0 Å². The van der Waals surface area contributed by atoms with E-state index in [0.29, 0.717) is 37.8 Å². The Morgan fingerprint density at radius 2 is 1.65 bits per heavy atom. The molecule has 6 heteroatoms. The monoisotopic (exact) mass is 284 g/mol. The highest BCUT2D eigenvalue weighted by Gasteiger charge is 2.26. The van der Waals surface area contributed by atoms with E-state index in [1.54, 1.807) is 4.90 Å². The third-order valence-corrected chi connectivity index (χ3v) is 3.45. The Bertz CT molecular complexity index is 360. The molecule has 2 atom stereocenters. The Balaban J connectivity index is 2.27. The number of urea groups is 1. The number of nitrogens with zero attached hydrogens (tertiary/aromatic N) is 1. The van der Waals surface area contributed by atoms with Gasteiger partial charge >= 0.3 is 12.0 Å². The zero-order valence-electron chi connectivity index (χ0n) is 12.2. The Kier molecular flexibility index (Phi) is 6.48. The predicted molar refractivity (Wildman–Crippen MR) is 74.2 cm³/mol. The lowest BCUT2D eigenvalue weighted by atomic mass is 9.92. The minimum Gasteiger partial charge on any atom is -0.481 e. The first-order valence-electron chi connectivity index (χ1n) is 7.19. The molecule has 114 valence electrons. The quantitative estimate of drug-likeness (QED) is 0.754. The molecule has 0 aromatic heterocycles. The molecule has 0 aliphatic carbocycles. The molecule has 2 unspecified atom stereocenters. The molecule has 0 aromatic rings. The van der Waals surface area contributed by atoms with Gasteiger partial charge in [0.1, 0.15) is 0 Å². The minimum absolute atomic E-state index is 0.0579. The fourth-order valence-corrected chi connectivity index (χ4v) is 2.65. The van der Waals surface area contributed by atoms with Crippen LogP contribution in [0.15, 0.2) is 0 Å². The van der Waals surface area contributed by atoms with Gasteiger partial charge in [0.25, 0.3) is 0 Å². The molecule has 2 N–H and O–H groups in total. The highest BCUT2D eigenvalue weighted by molar-refractivity contribution is 5.94. The van der Waals surface area contributed by atoms with Crippen molar-refractivity contribution in [3.63, 3.8) is 0 Å². The lowest BCUT2D eigenvalue weighted by Crippen LogP contribution is -2.49. The van der Waals surface area contributed by atoms with Gasteiger partial charge in [0.05, 0.1) is 0 Å². The maximum absolute atomic E-state index is 11.9. The summed E-state index contributed by atoms with van der Waals surface area (Å²) in [4.78, 5) is 35.6. The largest absolute Gasteiger partial charge is 0.481 e. The first-order chi connectivity index (χ1) is 9.38. The second kappa shape index (κ2) is 7.87. The van der Waals surface area contributed by atoms with Gasteiger partial charge in [-0.25, -0.2) is 4.79 Å². The minimum atomic E-state index is -0.863. The smallest absolute Gasteiger partial charge is 0.324 e. The van der Waals surface area contributed by atoms with Gasteiger partial charge in [-0.05, 0) is 31.1 Å². The second-order valence-electron chi connectivity index (χ2n) is 5.81. The maximum atomic E-state index is 11.9. The molecule has 0 spiro atoms. The number of carbonyl (C=O) groups is 3. The number of carbonyl (C=O) groups excluding carboxylic acids is 2. The van der Waals surface area contributed by atoms with E-state index < -0.39 is 5.97 Å². The lowest BCUT2D eigenvalue weighted by molar-refractivity contribution is -0.137. The summed E-state index contributed by atoms with van der Waals surface area (Å²) in [5.74, 6) is -0.283. The molecule has 6 nitrogen and oxygen atoms in total. The standard InChI is InChI=1S/C14H24N2O4/c1-10-7-11(2)9-16(8-10)14(20)15-12(17)5-3-4-6-13(18)19/h10-11H,3-9H2,1-2H3,(H,18,19)(H,15,17,20). The fraction of sp³-hybridized carbons (Fsp3) is 0.786. The first kappa shape index (κ1) is 16.5. The number of carboxylic acids is 1. The molecule has 0 saturated carbocycles. The molecule has 20 heavy (non-hydrogen) atoms. The Labute approximate surface area is 119 Å². The number of likely N-dealkylation sites (tertiary alicyclic amines) is 1. The van der Waals surface area contributed by atoms with Crippen LogP contribution in [0.4, 0.5) is 4.79 Å². The Morgan fingerprint density at radius 1 is 1.10 bits per heavy atom. The number of hydrogen-bond acceptors (Lipinski definition) is 3. The zero-order valence-corrected chi connectivity index (χ0v) is 12.2. The molecule has 0 bridgehead atoms. The molecule has 1 saturated heterocycles. The molecule has 1 aliphatic rings. The van der Waals surface area contributed by atoms with Gasteiger partial charge in [-0.15, -0.1) is 0 Å². The van der Waals surface area contributed by atoms with Crippen molar-refractivity contribution < 1.29 is 19.5 Å². The van der Waals surface area contributed by atoms with Crippen LogP contribution in [-0.4, -0.2) is 41.0 Å². The average Bonchev–Trinajstić information content (AvgIpc) is 2.33. The summed E-state index contributed by atoms with van der Waals surface area (Å²) in [5.41, 5.74) is 0. The lowest BCUT2D eigenvalue weighted by Gasteiger charge is -2.34. The van der Waals surface area contributed by atoms with Crippen LogP contribution in [0, 0.1) is 11.8 Å². The highest BCUT2D eigenvalue weighted by Crippen LogP contribution is 2.20. The predicted octanol–water partition coefficient (Wildman–Crippen LogP) is 1.85. The SMILES string of the molecule is CC1CC(C)CN(C(=O)NC(=O)CCCCC(=O)O)C1. The van der Waals surface area contributed by atoms with Crippen LogP contribution in [0.1, 0.15) is 46.0 Å². The van der Waals surface area contributed by atoms with Gasteiger partial charge < -0.3 is 10.0 Å². The van der Waals surface area contributed by atoms with Gasteiger partial charge in [0, 0.05) is 25.9 Å². The van der Waals surface area contributed by atoms with Gasteiger partial charge in [-0.1, -0.05) is 13.8 Å². The van der Waals surface area contributed by atoms with Crippen molar-refractivity contribution >= 4 is 17.9 Å². The molecule has 1 aliphatic heterocycles. The zero-order chi connectivity index (χ0) is 15.1. The topological polar surface area (TPSA) is 86.7 Å². The van der Waals surface area contributed by atoms with Crippen LogP contribution in [0.25, 0.3) is 0 Å². The van der Waals surface area contributed by atoms with Gasteiger partial charge in [0.15, 0.2) is 0 Å². The van der Waals surface area contributed by atoms with Crippen LogP contribution in [0.5, 0.6) is 0 Å². The van der Waals surface area contributed by atoms with E-state index >= 15 is 0 Å². The number of aliphatic carboxylic acids is 1. The molecule has 1 fully saturated rings. The Hall–Kier alpha value is -1.59. The molecule has 0 radical (unpaired) electrons. The van der Waals surface area contributed by atoms with E-state index in [-0.39, 0.29) is 24.8 Å².